The van der Waals surface area contributed by atoms with Crippen molar-refractivity contribution in [1.29, 1.82) is 0 Å². The Kier molecular flexibility index (Phi) is 5.19. The lowest BCUT2D eigenvalue weighted by Gasteiger charge is -2.19. The number of ether oxygens (including phenoxy) is 1. The summed E-state index contributed by atoms with van der Waals surface area (Å²) in [4.78, 5) is 23.1. The van der Waals surface area contributed by atoms with Crippen molar-refractivity contribution in [3.8, 4) is 0 Å². The zero-order valence-electron chi connectivity index (χ0n) is 13.4. The molecule has 1 aromatic rings. The van der Waals surface area contributed by atoms with Crippen molar-refractivity contribution < 1.29 is 14.3 Å². The van der Waals surface area contributed by atoms with E-state index in [4.69, 9.17) is 4.74 Å². The van der Waals surface area contributed by atoms with Crippen molar-refractivity contribution in [2.24, 2.45) is 0 Å². The van der Waals surface area contributed by atoms with Gasteiger partial charge in [0.2, 0.25) is 11.8 Å². The molecule has 2 rings (SSSR count). The van der Waals surface area contributed by atoms with Crippen LogP contribution < -0.4 is 10.6 Å². The van der Waals surface area contributed by atoms with E-state index in [-0.39, 0.29) is 23.5 Å². The fourth-order valence-electron chi connectivity index (χ4n) is 2.25. The Labute approximate surface area is 131 Å². The predicted octanol–water partition coefficient (Wildman–Crippen LogP) is 1.90. The molecule has 1 aliphatic heterocycles. The highest BCUT2D eigenvalue weighted by Gasteiger charge is 2.26. The highest BCUT2D eigenvalue weighted by Crippen LogP contribution is 2.13. The van der Waals surface area contributed by atoms with Crippen molar-refractivity contribution in [3.63, 3.8) is 0 Å². The molecular weight excluding hydrogens is 280 g/mol. The molecule has 120 valence electrons. The van der Waals surface area contributed by atoms with E-state index in [1.54, 1.807) is 0 Å². The van der Waals surface area contributed by atoms with Gasteiger partial charge >= 0.3 is 0 Å². The predicted molar refractivity (Wildman–Crippen MR) is 84.0 cm³/mol. The largest absolute Gasteiger partial charge is 0.371 e. The van der Waals surface area contributed by atoms with E-state index in [1.807, 2.05) is 45.0 Å². The summed E-state index contributed by atoms with van der Waals surface area (Å²) in [6, 6.07) is 7.57. The molecule has 5 nitrogen and oxygen atoms in total. The third-order valence-electron chi connectivity index (χ3n) is 3.44. The molecule has 1 atom stereocenters. The normalized spacial score (nSPS) is 18.1. The summed E-state index contributed by atoms with van der Waals surface area (Å²) in [7, 11) is 0. The van der Waals surface area contributed by atoms with Crippen LogP contribution in [-0.2, 0) is 27.5 Å². The summed E-state index contributed by atoms with van der Waals surface area (Å²) in [6.45, 7) is 7.06. The van der Waals surface area contributed by atoms with Crippen molar-refractivity contribution >= 4 is 11.8 Å². The van der Waals surface area contributed by atoms with Gasteiger partial charge in [0.1, 0.15) is 6.04 Å². The van der Waals surface area contributed by atoms with Gasteiger partial charge in [0.25, 0.3) is 0 Å². The van der Waals surface area contributed by atoms with Gasteiger partial charge in [-0.3, -0.25) is 9.59 Å². The maximum absolute atomic E-state index is 12.0. The van der Waals surface area contributed by atoms with Gasteiger partial charge < -0.3 is 15.4 Å². The lowest BCUT2D eigenvalue weighted by molar-refractivity contribution is -0.125. The summed E-state index contributed by atoms with van der Waals surface area (Å²) in [5, 5.41) is 5.53. The average Bonchev–Trinajstić information content (AvgIpc) is 2.89. The van der Waals surface area contributed by atoms with Crippen LogP contribution in [0.2, 0.25) is 0 Å². The van der Waals surface area contributed by atoms with Crippen molar-refractivity contribution in [1.82, 2.24) is 10.6 Å². The first-order chi connectivity index (χ1) is 10.3. The number of hydrogen-bond donors (Lipinski definition) is 2. The highest BCUT2D eigenvalue weighted by atomic mass is 16.5. The van der Waals surface area contributed by atoms with E-state index in [2.05, 4.69) is 10.6 Å². The fraction of sp³-hybridized carbons (Fsp3) is 0.529. The molecule has 0 spiro atoms. The molecule has 1 heterocycles. The van der Waals surface area contributed by atoms with E-state index >= 15 is 0 Å². The fourth-order valence-corrected chi connectivity index (χ4v) is 2.25. The smallest absolute Gasteiger partial charge is 0.242 e. The molecule has 22 heavy (non-hydrogen) atoms. The molecule has 0 aromatic heterocycles. The van der Waals surface area contributed by atoms with Gasteiger partial charge in [-0.2, -0.15) is 0 Å². The lowest BCUT2D eigenvalue weighted by Crippen LogP contribution is -2.41. The molecule has 2 N–H and O–H groups in total. The second kappa shape index (κ2) is 6.92. The molecule has 1 unspecified atom stereocenters. The Balaban J connectivity index is 1.85. The molecule has 0 bridgehead atoms. The second-order valence-corrected chi connectivity index (χ2v) is 6.60. The number of amides is 2. The Morgan fingerprint density at radius 1 is 1.36 bits per heavy atom. The molecular formula is C17H24N2O3. The summed E-state index contributed by atoms with van der Waals surface area (Å²) >= 11 is 0. The molecule has 2 amide bonds. The quantitative estimate of drug-likeness (QED) is 0.873. The number of hydrogen-bond acceptors (Lipinski definition) is 3. The van der Waals surface area contributed by atoms with Gasteiger partial charge in [-0.25, -0.2) is 0 Å². The van der Waals surface area contributed by atoms with Crippen molar-refractivity contribution in [3.05, 3.63) is 35.4 Å². The standard InChI is InChI=1S/C17H24N2O3/c1-17(2,3)22-11-13-6-4-5-12(9-13)10-18-16(21)14-7-8-15(20)19-14/h4-6,9,14H,7-8,10-11H2,1-3H3,(H,18,21)(H,19,20). The minimum atomic E-state index is -0.389. The maximum Gasteiger partial charge on any atom is 0.242 e. The van der Waals surface area contributed by atoms with Crippen LogP contribution in [0, 0.1) is 0 Å². The van der Waals surface area contributed by atoms with Gasteiger partial charge in [-0.1, -0.05) is 24.3 Å². The van der Waals surface area contributed by atoms with Gasteiger partial charge in [-0.15, -0.1) is 0 Å². The number of benzene rings is 1. The molecule has 0 radical (unpaired) electrons. The molecule has 1 saturated heterocycles. The van der Waals surface area contributed by atoms with Crippen LogP contribution in [0.25, 0.3) is 0 Å². The number of nitrogens with one attached hydrogen (secondary N) is 2. The Hall–Kier alpha value is -1.88. The number of carbonyl (C=O) groups excluding carboxylic acids is 2. The van der Waals surface area contributed by atoms with Crippen molar-refractivity contribution in [2.45, 2.75) is 58.4 Å². The van der Waals surface area contributed by atoms with Crippen LogP contribution in [0.4, 0.5) is 0 Å². The van der Waals surface area contributed by atoms with E-state index in [1.165, 1.54) is 0 Å². The number of rotatable bonds is 5. The summed E-state index contributed by atoms with van der Waals surface area (Å²) in [5.41, 5.74) is 1.92. The molecule has 1 aromatic carbocycles. The van der Waals surface area contributed by atoms with E-state index in [0.29, 0.717) is 26.0 Å². The molecule has 5 heteroatoms. The van der Waals surface area contributed by atoms with Crippen LogP contribution in [0.15, 0.2) is 24.3 Å². The van der Waals surface area contributed by atoms with E-state index in [9.17, 15) is 9.59 Å². The van der Waals surface area contributed by atoms with Crippen LogP contribution >= 0.6 is 0 Å². The summed E-state index contributed by atoms with van der Waals surface area (Å²) < 4.78 is 5.75. The van der Waals surface area contributed by atoms with Gasteiger partial charge in [0.15, 0.2) is 0 Å². The van der Waals surface area contributed by atoms with Gasteiger partial charge in [0.05, 0.1) is 12.2 Å². The maximum atomic E-state index is 12.0. The van der Waals surface area contributed by atoms with Crippen molar-refractivity contribution in [2.75, 3.05) is 0 Å². The molecule has 0 saturated carbocycles. The monoisotopic (exact) mass is 304 g/mol. The summed E-state index contributed by atoms with van der Waals surface area (Å²) in [6.07, 6.45) is 1.00. The van der Waals surface area contributed by atoms with Crippen LogP contribution in [-0.4, -0.2) is 23.5 Å². The van der Waals surface area contributed by atoms with Gasteiger partial charge in [0, 0.05) is 13.0 Å². The topological polar surface area (TPSA) is 67.4 Å². The van der Waals surface area contributed by atoms with Crippen LogP contribution in [0.3, 0.4) is 0 Å². The summed E-state index contributed by atoms with van der Waals surface area (Å²) in [5.74, 6) is -0.177. The van der Waals surface area contributed by atoms with Crippen LogP contribution in [0.5, 0.6) is 0 Å². The Morgan fingerprint density at radius 3 is 2.73 bits per heavy atom. The van der Waals surface area contributed by atoms with Crippen LogP contribution in [0.1, 0.15) is 44.7 Å². The minimum absolute atomic E-state index is 0.0542. The molecule has 1 fully saturated rings. The average molecular weight is 304 g/mol. The zero-order chi connectivity index (χ0) is 16.2. The first-order valence-corrected chi connectivity index (χ1v) is 7.62. The molecule has 1 aliphatic rings. The van der Waals surface area contributed by atoms with E-state index < -0.39 is 0 Å². The SMILES string of the molecule is CC(C)(C)OCc1cccc(CNC(=O)C2CCC(=O)N2)c1. The van der Waals surface area contributed by atoms with E-state index in [0.717, 1.165) is 11.1 Å². The third kappa shape index (κ3) is 5.15. The zero-order valence-corrected chi connectivity index (χ0v) is 13.4. The lowest BCUT2D eigenvalue weighted by atomic mass is 10.1. The highest BCUT2D eigenvalue weighted by molar-refractivity contribution is 5.90. The minimum Gasteiger partial charge on any atom is -0.371 e. The Morgan fingerprint density at radius 2 is 2.09 bits per heavy atom. The molecule has 0 aliphatic carbocycles. The first-order valence-electron chi connectivity index (χ1n) is 7.62. The first kappa shape index (κ1) is 16.5. The third-order valence-corrected chi connectivity index (χ3v) is 3.44. The van der Waals surface area contributed by atoms with Gasteiger partial charge in [-0.05, 0) is 38.3 Å². The Bertz CT molecular complexity index is 549. The number of carbonyl (C=O) groups is 2. The second-order valence-electron chi connectivity index (χ2n) is 6.60.